The van der Waals surface area contributed by atoms with Crippen LogP contribution in [0.3, 0.4) is 0 Å². The zero-order valence-corrected chi connectivity index (χ0v) is 11.4. The average molecular weight is 294 g/mol. The van der Waals surface area contributed by atoms with Gasteiger partial charge < -0.3 is 10.0 Å². The van der Waals surface area contributed by atoms with Crippen molar-refractivity contribution in [3.8, 4) is 0 Å². The molecule has 3 atom stereocenters. The maximum atomic E-state index is 12.3. The van der Waals surface area contributed by atoms with Crippen molar-refractivity contribution in [3.05, 3.63) is 0 Å². The predicted octanol–water partition coefficient (Wildman–Crippen LogP) is 1.78. The van der Waals surface area contributed by atoms with Crippen molar-refractivity contribution in [2.24, 2.45) is 11.8 Å². The van der Waals surface area contributed by atoms with Gasteiger partial charge in [0.1, 0.15) is 0 Å². The van der Waals surface area contributed by atoms with Crippen molar-refractivity contribution in [1.29, 1.82) is 0 Å². The van der Waals surface area contributed by atoms with Crippen molar-refractivity contribution in [2.75, 3.05) is 13.1 Å². The van der Waals surface area contributed by atoms with E-state index in [0.717, 1.165) is 4.90 Å². The lowest BCUT2D eigenvalue weighted by Crippen LogP contribution is -2.50. The summed E-state index contributed by atoms with van der Waals surface area (Å²) in [5, 5.41) is 9.24. The molecule has 0 aromatic heterocycles. The van der Waals surface area contributed by atoms with E-state index in [4.69, 9.17) is 0 Å². The number of carbonyl (C=O) groups is 2. The number of halogens is 3. The summed E-state index contributed by atoms with van der Waals surface area (Å²) in [6, 6.07) is -0.287. The maximum absolute atomic E-state index is 12.3. The van der Waals surface area contributed by atoms with Gasteiger partial charge in [-0.05, 0) is 20.8 Å². The first kappa shape index (κ1) is 14.9. The van der Waals surface area contributed by atoms with Gasteiger partial charge in [0.15, 0.2) is 0 Å². The van der Waals surface area contributed by atoms with Gasteiger partial charge in [0.25, 0.3) is 0 Å². The molecule has 5 nitrogen and oxygen atoms in total. The molecule has 1 aliphatic carbocycles. The number of alkyl halides is 3. The molecule has 1 saturated heterocycles. The second kappa shape index (κ2) is 4.26. The summed E-state index contributed by atoms with van der Waals surface area (Å²) < 4.78 is 37.0. The first-order valence-corrected chi connectivity index (χ1v) is 6.33. The largest absolute Gasteiger partial charge is 0.471 e. The van der Waals surface area contributed by atoms with E-state index in [1.807, 2.05) is 0 Å². The Balaban J connectivity index is 2.02. The quantitative estimate of drug-likeness (QED) is 0.802. The fraction of sp³-hybridized carbons (Fsp3) is 0.833. The molecule has 0 spiro atoms. The Morgan fingerprint density at radius 2 is 1.60 bits per heavy atom. The minimum atomic E-state index is -4.86. The molecule has 8 heteroatoms. The highest BCUT2D eigenvalue weighted by Crippen LogP contribution is 2.51. The molecule has 0 aromatic rings. The molecular weight excluding hydrogens is 277 g/mol. The molecule has 2 amide bonds. The van der Waals surface area contributed by atoms with E-state index in [9.17, 15) is 27.9 Å². The normalized spacial score (nSPS) is 29.1. The van der Waals surface area contributed by atoms with Crippen LogP contribution in [0.1, 0.15) is 20.8 Å². The highest BCUT2D eigenvalue weighted by atomic mass is 19.4. The van der Waals surface area contributed by atoms with Gasteiger partial charge in [-0.1, -0.05) is 0 Å². The Bertz CT molecular complexity index is 432. The summed E-state index contributed by atoms with van der Waals surface area (Å²) in [6.07, 6.45) is -5.94. The number of carbonyl (C=O) groups excluding carboxylic acids is 1. The van der Waals surface area contributed by atoms with Crippen LogP contribution in [-0.2, 0) is 4.79 Å². The fourth-order valence-electron chi connectivity index (χ4n) is 3.08. The molecule has 1 N–H and O–H groups in total. The van der Waals surface area contributed by atoms with E-state index in [0.29, 0.717) is 0 Å². The molecule has 114 valence electrons. The number of carboxylic acid groups (broad SMARTS) is 1. The van der Waals surface area contributed by atoms with Crippen molar-refractivity contribution in [1.82, 2.24) is 9.80 Å². The molecule has 1 heterocycles. The van der Waals surface area contributed by atoms with Crippen LogP contribution in [0.5, 0.6) is 0 Å². The molecule has 2 aliphatic rings. The zero-order chi connectivity index (χ0) is 15.5. The monoisotopic (exact) mass is 294 g/mol. The Kier molecular flexibility index (Phi) is 3.18. The number of amides is 2. The van der Waals surface area contributed by atoms with Crippen molar-refractivity contribution < 1.29 is 27.9 Å². The number of likely N-dealkylation sites (tertiary alicyclic amines) is 1. The number of rotatable bonds is 1. The molecule has 0 aromatic carbocycles. The lowest BCUT2D eigenvalue weighted by molar-refractivity contribution is -0.185. The molecule has 2 fully saturated rings. The van der Waals surface area contributed by atoms with Crippen LogP contribution in [0.4, 0.5) is 18.0 Å². The molecule has 0 radical (unpaired) electrons. The van der Waals surface area contributed by atoms with E-state index >= 15 is 0 Å². The fourth-order valence-corrected chi connectivity index (χ4v) is 3.08. The topological polar surface area (TPSA) is 60.9 Å². The van der Waals surface area contributed by atoms with E-state index in [-0.39, 0.29) is 31.0 Å². The van der Waals surface area contributed by atoms with E-state index in [1.165, 1.54) is 4.90 Å². The molecule has 0 bridgehead atoms. The minimum absolute atomic E-state index is 0.0203. The van der Waals surface area contributed by atoms with Crippen LogP contribution < -0.4 is 0 Å². The third-order valence-electron chi connectivity index (χ3n) is 3.91. The van der Waals surface area contributed by atoms with Crippen molar-refractivity contribution in [2.45, 2.75) is 38.5 Å². The van der Waals surface area contributed by atoms with Crippen LogP contribution in [0.15, 0.2) is 0 Å². The Morgan fingerprint density at radius 1 is 1.15 bits per heavy atom. The lowest BCUT2D eigenvalue weighted by Gasteiger charge is -2.35. The summed E-state index contributed by atoms with van der Waals surface area (Å²) in [6.45, 7) is 5.19. The third-order valence-corrected chi connectivity index (χ3v) is 3.91. The second-order valence-corrected chi connectivity index (χ2v) is 6.35. The first-order valence-electron chi connectivity index (χ1n) is 6.33. The molecule has 1 aliphatic heterocycles. The first-order chi connectivity index (χ1) is 8.94. The van der Waals surface area contributed by atoms with E-state index in [1.54, 1.807) is 20.8 Å². The Labute approximate surface area is 114 Å². The average Bonchev–Trinajstić information content (AvgIpc) is 2.71. The van der Waals surface area contributed by atoms with Crippen molar-refractivity contribution >= 4 is 12.0 Å². The number of nitrogens with zero attached hydrogens (tertiary/aromatic N) is 2. The number of hydrogen-bond donors (Lipinski definition) is 1. The lowest BCUT2D eigenvalue weighted by atomic mass is 10.1. The number of hydrogen-bond acceptors (Lipinski definition) is 2. The van der Waals surface area contributed by atoms with Crippen LogP contribution in [-0.4, -0.2) is 57.8 Å². The Morgan fingerprint density at radius 3 is 1.90 bits per heavy atom. The van der Waals surface area contributed by atoms with Crippen LogP contribution >= 0.6 is 0 Å². The molecule has 20 heavy (non-hydrogen) atoms. The van der Waals surface area contributed by atoms with Gasteiger partial charge >= 0.3 is 18.2 Å². The minimum Gasteiger partial charge on any atom is -0.465 e. The summed E-state index contributed by atoms with van der Waals surface area (Å²) in [5.41, 5.74) is -0.611. The van der Waals surface area contributed by atoms with E-state index < -0.39 is 23.7 Å². The standard InChI is InChI=1S/C12H17F3N2O3/c1-11(2,3)17(10(19)20)8-6-4-16(5-7(6)8)9(18)12(13,14)15/h6-8H,4-5H2,1-3H3,(H,19,20)/t6-,7+,8?. The van der Waals surface area contributed by atoms with Gasteiger partial charge in [-0.2, -0.15) is 13.2 Å². The maximum Gasteiger partial charge on any atom is 0.471 e. The van der Waals surface area contributed by atoms with Crippen LogP contribution in [0.25, 0.3) is 0 Å². The van der Waals surface area contributed by atoms with Gasteiger partial charge in [0.05, 0.1) is 0 Å². The molecule has 2 rings (SSSR count). The highest BCUT2D eigenvalue weighted by Gasteiger charge is 2.63. The van der Waals surface area contributed by atoms with Gasteiger partial charge in [0, 0.05) is 36.5 Å². The third kappa shape index (κ3) is 2.43. The van der Waals surface area contributed by atoms with Gasteiger partial charge in [-0.15, -0.1) is 0 Å². The SMILES string of the molecule is CC(C)(C)N(C(=O)O)C1[C@H]2CN(C(=O)C(F)(F)F)C[C@@H]12. The van der Waals surface area contributed by atoms with Crippen LogP contribution in [0, 0.1) is 11.8 Å². The zero-order valence-electron chi connectivity index (χ0n) is 11.4. The van der Waals surface area contributed by atoms with Crippen LogP contribution in [0.2, 0.25) is 0 Å². The number of fused-ring (bicyclic) bond motifs is 1. The Hall–Kier alpha value is -1.47. The smallest absolute Gasteiger partial charge is 0.465 e. The summed E-state index contributed by atoms with van der Waals surface area (Å²) in [5.74, 6) is -2.20. The summed E-state index contributed by atoms with van der Waals surface area (Å²) >= 11 is 0. The van der Waals surface area contributed by atoms with Crippen molar-refractivity contribution in [3.63, 3.8) is 0 Å². The second-order valence-electron chi connectivity index (χ2n) is 6.35. The predicted molar refractivity (Wildman–Crippen MR) is 63.0 cm³/mol. The molecule has 1 unspecified atom stereocenters. The summed E-state index contributed by atoms with van der Waals surface area (Å²) in [4.78, 5) is 24.5. The van der Waals surface area contributed by atoms with Gasteiger partial charge in [-0.25, -0.2) is 4.79 Å². The van der Waals surface area contributed by atoms with Gasteiger partial charge in [-0.3, -0.25) is 9.69 Å². The van der Waals surface area contributed by atoms with E-state index in [2.05, 4.69) is 0 Å². The molecular formula is C12H17F3N2O3. The number of piperidine rings is 1. The molecule has 1 saturated carbocycles. The highest BCUT2D eigenvalue weighted by molar-refractivity contribution is 5.82. The van der Waals surface area contributed by atoms with Gasteiger partial charge in [0.2, 0.25) is 0 Å². The summed E-state index contributed by atoms with van der Waals surface area (Å²) in [7, 11) is 0.